The number of thiazole rings is 1. The van der Waals surface area contributed by atoms with Crippen molar-refractivity contribution in [2.75, 3.05) is 0 Å². The van der Waals surface area contributed by atoms with Crippen LogP contribution in [-0.4, -0.2) is 9.97 Å². The van der Waals surface area contributed by atoms with Crippen LogP contribution in [0, 0.1) is 6.92 Å². The minimum absolute atomic E-state index is 0.0611. The van der Waals surface area contributed by atoms with Crippen LogP contribution in [0.25, 0.3) is 0 Å². The van der Waals surface area contributed by atoms with Gasteiger partial charge in [-0.3, -0.25) is 16.3 Å². The van der Waals surface area contributed by atoms with Crippen molar-refractivity contribution in [2.45, 2.75) is 19.4 Å². The van der Waals surface area contributed by atoms with Crippen LogP contribution in [0.2, 0.25) is 0 Å². The summed E-state index contributed by atoms with van der Waals surface area (Å²) in [5.41, 5.74) is 4.70. The van der Waals surface area contributed by atoms with Gasteiger partial charge in [-0.25, -0.2) is 4.98 Å². The maximum Gasteiger partial charge on any atom is 0.0897 e. The second-order valence-corrected chi connectivity index (χ2v) is 6.63. The molecule has 2 heterocycles. The van der Waals surface area contributed by atoms with E-state index >= 15 is 0 Å². The molecule has 0 bridgehead atoms. The molecule has 2 aromatic rings. The number of hydrazine groups is 1. The van der Waals surface area contributed by atoms with Crippen molar-refractivity contribution in [2.24, 2.45) is 5.84 Å². The van der Waals surface area contributed by atoms with E-state index in [2.05, 4.69) is 47.3 Å². The fraction of sp³-hybridized carbons (Fsp3) is 0.273. The van der Waals surface area contributed by atoms with Crippen LogP contribution in [0.1, 0.15) is 22.4 Å². The van der Waals surface area contributed by atoms with E-state index in [4.69, 9.17) is 5.84 Å². The lowest BCUT2D eigenvalue weighted by atomic mass is 10.1. The van der Waals surface area contributed by atoms with E-state index in [9.17, 15) is 0 Å². The molecule has 0 amide bonds. The number of nitrogens with one attached hydrogen (secondary N) is 1. The first-order chi connectivity index (χ1) is 8.60. The van der Waals surface area contributed by atoms with E-state index in [1.165, 1.54) is 0 Å². The van der Waals surface area contributed by atoms with E-state index in [-0.39, 0.29) is 6.04 Å². The predicted octanol–water partition coefficient (Wildman–Crippen LogP) is 3.12. The Balaban J connectivity index is 2.22. The number of hydrogen-bond donors (Lipinski definition) is 2. The van der Waals surface area contributed by atoms with Crippen molar-refractivity contribution < 1.29 is 0 Å². The molecule has 0 aliphatic carbocycles. The van der Waals surface area contributed by atoms with Gasteiger partial charge in [-0.2, -0.15) is 0 Å². The Hall–Kier alpha value is -0.340. The smallest absolute Gasteiger partial charge is 0.0897 e. The SMILES string of the molecule is Cc1nc(CC(NN)c2ncc(Br)cc2Br)cs1. The fourth-order valence-corrected chi connectivity index (χ4v) is 3.52. The Morgan fingerprint density at radius 1 is 1.50 bits per heavy atom. The Bertz CT molecular complexity index is 544. The number of aromatic nitrogens is 2. The lowest BCUT2D eigenvalue weighted by Gasteiger charge is -2.15. The van der Waals surface area contributed by atoms with Crippen molar-refractivity contribution in [3.63, 3.8) is 0 Å². The molecule has 0 saturated heterocycles. The largest absolute Gasteiger partial charge is 0.271 e. The Morgan fingerprint density at radius 2 is 2.28 bits per heavy atom. The zero-order valence-electron chi connectivity index (χ0n) is 9.65. The van der Waals surface area contributed by atoms with Crippen molar-refractivity contribution in [3.05, 3.63) is 43.0 Å². The molecule has 0 aliphatic rings. The highest BCUT2D eigenvalue weighted by molar-refractivity contribution is 9.11. The lowest BCUT2D eigenvalue weighted by molar-refractivity contribution is 0.531. The van der Waals surface area contributed by atoms with E-state index in [1.807, 2.05) is 18.4 Å². The Kier molecular flexibility index (Phi) is 4.85. The molecule has 96 valence electrons. The van der Waals surface area contributed by atoms with Crippen LogP contribution < -0.4 is 11.3 Å². The monoisotopic (exact) mass is 390 g/mol. The van der Waals surface area contributed by atoms with Crippen molar-refractivity contribution >= 4 is 43.2 Å². The number of hydrogen-bond acceptors (Lipinski definition) is 5. The average Bonchev–Trinajstić information content (AvgIpc) is 2.72. The van der Waals surface area contributed by atoms with Crippen LogP contribution in [0.3, 0.4) is 0 Å². The third-order valence-electron chi connectivity index (χ3n) is 2.45. The summed E-state index contributed by atoms with van der Waals surface area (Å²) in [4.78, 5) is 8.83. The molecule has 0 spiro atoms. The van der Waals surface area contributed by atoms with E-state index in [1.54, 1.807) is 17.5 Å². The highest BCUT2D eigenvalue weighted by Crippen LogP contribution is 2.26. The normalized spacial score (nSPS) is 12.7. The Labute approximate surface area is 126 Å². The molecule has 2 rings (SSSR count). The van der Waals surface area contributed by atoms with Gasteiger partial charge in [0, 0.05) is 26.9 Å². The third-order valence-corrected chi connectivity index (χ3v) is 4.34. The van der Waals surface area contributed by atoms with Gasteiger partial charge in [0.05, 0.1) is 22.4 Å². The molecule has 18 heavy (non-hydrogen) atoms. The van der Waals surface area contributed by atoms with Crippen LogP contribution in [0.15, 0.2) is 26.6 Å². The number of nitrogens with two attached hydrogens (primary N) is 1. The van der Waals surface area contributed by atoms with Crippen LogP contribution >= 0.6 is 43.2 Å². The summed E-state index contributed by atoms with van der Waals surface area (Å²) in [5, 5.41) is 3.11. The first-order valence-electron chi connectivity index (χ1n) is 5.28. The number of nitrogens with zero attached hydrogens (tertiary/aromatic N) is 2. The summed E-state index contributed by atoms with van der Waals surface area (Å²) < 4.78 is 1.85. The summed E-state index contributed by atoms with van der Waals surface area (Å²) in [6.45, 7) is 1.99. The Morgan fingerprint density at radius 3 is 2.83 bits per heavy atom. The fourth-order valence-electron chi connectivity index (χ4n) is 1.63. The van der Waals surface area contributed by atoms with Gasteiger partial charge in [0.25, 0.3) is 0 Å². The molecule has 0 saturated carbocycles. The maximum atomic E-state index is 5.62. The molecule has 1 unspecified atom stereocenters. The quantitative estimate of drug-likeness (QED) is 0.620. The van der Waals surface area contributed by atoms with Crippen LogP contribution in [-0.2, 0) is 6.42 Å². The molecular formula is C11H12Br2N4S. The summed E-state index contributed by atoms with van der Waals surface area (Å²) in [6.07, 6.45) is 2.48. The molecule has 0 aromatic carbocycles. The standard InChI is InChI=1S/C11H12Br2N4S/c1-6-16-8(5-18-6)3-10(17-14)11-9(13)2-7(12)4-15-11/h2,4-5,10,17H,3,14H2,1H3. The molecule has 4 nitrogen and oxygen atoms in total. The van der Waals surface area contributed by atoms with E-state index in [0.29, 0.717) is 6.42 Å². The van der Waals surface area contributed by atoms with Crippen LogP contribution in [0.5, 0.6) is 0 Å². The van der Waals surface area contributed by atoms with Crippen molar-refractivity contribution in [3.8, 4) is 0 Å². The van der Waals surface area contributed by atoms with Gasteiger partial charge in [0.2, 0.25) is 0 Å². The first-order valence-corrected chi connectivity index (χ1v) is 7.74. The maximum absolute atomic E-state index is 5.62. The molecular weight excluding hydrogens is 380 g/mol. The molecule has 2 aromatic heterocycles. The van der Waals surface area contributed by atoms with E-state index < -0.39 is 0 Å². The number of pyridine rings is 1. The second-order valence-electron chi connectivity index (χ2n) is 3.80. The number of rotatable bonds is 4. The summed E-state index contributed by atoms with van der Waals surface area (Å²) in [5.74, 6) is 5.62. The lowest BCUT2D eigenvalue weighted by Crippen LogP contribution is -2.30. The van der Waals surface area contributed by atoms with Gasteiger partial charge in [-0.15, -0.1) is 11.3 Å². The predicted molar refractivity (Wildman–Crippen MR) is 80.3 cm³/mol. The minimum atomic E-state index is -0.0611. The van der Waals surface area contributed by atoms with Gasteiger partial charge in [0.1, 0.15) is 0 Å². The topological polar surface area (TPSA) is 63.8 Å². The van der Waals surface area contributed by atoms with Gasteiger partial charge in [-0.1, -0.05) is 0 Å². The molecule has 0 radical (unpaired) electrons. The van der Waals surface area contributed by atoms with E-state index in [0.717, 1.165) is 25.3 Å². The molecule has 1 atom stereocenters. The van der Waals surface area contributed by atoms with Gasteiger partial charge in [-0.05, 0) is 44.8 Å². The zero-order chi connectivity index (χ0) is 13.1. The zero-order valence-corrected chi connectivity index (χ0v) is 13.6. The highest BCUT2D eigenvalue weighted by Gasteiger charge is 2.16. The van der Waals surface area contributed by atoms with Crippen LogP contribution in [0.4, 0.5) is 0 Å². The molecule has 0 fully saturated rings. The highest BCUT2D eigenvalue weighted by atomic mass is 79.9. The van der Waals surface area contributed by atoms with Crippen molar-refractivity contribution in [1.82, 2.24) is 15.4 Å². The second kappa shape index (κ2) is 6.21. The average molecular weight is 392 g/mol. The van der Waals surface area contributed by atoms with Gasteiger partial charge < -0.3 is 0 Å². The molecule has 7 heteroatoms. The summed E-state index contributed by atoms with van der Waals surface area (Å²) >= 11 is 8.52. The summed E-state index contributed by atoms with van der Waals surface area (Å²) in [7, 11) is 0. The minimum Gasteiger partial charge on any atom is -0.271 e. The van der Waals surface area contributed by atoms with Gasteiger partial charge >= 0.3 is 0 Å². The third kappa shape index (κ3) is 3.36. The van der Waals surface area contributed by atoms with Gasteiger partial charge in [0.15, 0.2) is 0 Å². The van der Waals surface area contributed by atoms with Crippen molar-refractivity contribution in [1.29, 1.82) is 0 Å². The summed E-state index contributed by atoms with van der Waals surface area (Å²) in [6, 6.07) is 1.90. The molecule has 0 aliphatic heterocycles. The first kappa shape index (κ1) is 14.1. The number of aryl methyl sites for hydroxylation is 1. The number of halogens is 2. The molecule has 3 N–H and O–H groups in total.